The van der Waals surface area contributed by atoms with E-state index in [9.17, 15) is 0 Å². The van der Waals surface area contributed by atoms with Gasteiger partial charge < -0.3 is 0 Å². The lowest BCUT2D eigenvalue weighted by Crippen LogP contribution is -2.32. The van der Waals surface area contributed by atoms with Crippen LogP contribution in [0.25, 0.3) is 43.6 Å². The molecule has 0 bridgehead atoms. The first-order valence-electron chi connectivity index (χ1n) is 12.7. The molecule has 0 unspecified atom stereocenters. The fourth-order valence-corrected chi connectivity index (χ4v) is 8.08. The van der Waals surface area contributed by atoms with Crippen molar-refractivity contribution >= 4 is 44.1 Å². The molecule has 1 nitrogen and oxygen atoms in total. The minimum absolute atomic E-state index is 0.694. The lowest BCUT2D eigenvalue weighted by Gasteiger charge is -2.26. The molecule has 34 heavy (non-hydrogen) atoms. The Kier molecular flexibility index (Phi) is 4.58. The number of aromatic nitrogens is 1. The average molecular weight is 461 g/mol. The smallest absolute Gasteiger partial charge is 0.200 e. The average Bonchev–Trinajstić information content (AvgIpc) is 2.88. The lowest BCUT2D eigenvalue weighted by atomic mass is 9.81. The Balaban J connectivity index is 1.62. The third-order valence-corrected chi connectivity index (χ3v) is 9.68. The van der Waals surface area contributed by atoms with E-state index >= 15 is 0 Å². The second kappa shape index (κ2) is 7.58. The standard InChI is InChI=1S/C32H30NS/c1-19-23-13-7-8-14-24(23)20(2)32-28(19)31-30-26(16-17-33(31)3)29-22(18-27(30)34-32)12-9-15-25(29)21-10-5-4-6-11-21/h7-9,12-18,21H,4-6,10-11H2,1-3H3/q+1. The van der Waals surface area contributed by atoms with Gasteiger partial charge >= 0.3 is 0 Å². The molecule has 0 saturated heterocycles. The second-order valence-electron chi connectivity index (χ2n) is 10.3. The van der Waals surface area contributed by atoms with E-state index in [2.05, 4.69) is 86.3 Å². The molecule has 2 heterocycles. The van der Waals surface area contributed by atoms with Gasteiger partial charge in [0.15, 0.2) is 6.20 Å². The van der Waals surface area contributed by atoms with Crippen molar-refractivity contribution in [1.82, 2.24) is 0 Å². The van der Waals surface area contributed by atoms with Crippen LogP contribution in [0.15, 0.2) is 70.6 Å². The van der Waals surface area contributed by atoms with Gasteiger partial charge in [0.2, 0.25) is 5.69 Å². The van der Waals surface area contributed by atoms with Gasteiger partial charge in [0.25, 0.3) is 0 Å². The Morgan fingerprint density at radius 2 is 1.56 bits per heavy atom. The minimum Gasteiger partial charge on any atom is -0.200 e. The van der Waals surface area contributed by atoms with Crippen molar-refractivity contribution < 1.29 is 4.57 Å². The van der Waals surface area contributed by atoms with Crippen LogP contribution in [0.2, 0.25) is 0 Å². The molecule has 0 amide bonds. The third-order valence-electron chi connectivity index (χ3n) is 8.43. The van der Waals surface area contributed by atoms with Crippen molar-refractivity contribution in [2.45, 2.75) is 61.7 Å². The summed E-state index contributed by atoms with van der Waals surface area (Å²) in [5.74, 6) is 0.694. The summed E-state index contributed by atoms with van der Waals surface area (Å²) in [5, 5.41) is 8.53. The van der Waals surface area contributed by atoms with E-state index in [4.69, 9.17) is 0 Å². The van der Waals surface area contributed by atoms with Gasteiger partial charge in [0, 0.05) is 21.2 Å². The Bertz CT molecular complexity index is 1640. The summed E-state index contributed by atoms with van der Waals surface area (Å²) in [5.41, 5.74) is 7.19. The number of aryl methyl sites for hydroxylation is 3. The van der Waals surface area contributed by atoms with Crippen molar-refractivity contribution in [3.63, 3.8) is 0 Å². The maximum absolute atomic E-state index is 2.48. The van der Waals surface area contributed by atoms with Crippen molar-refractivity contribution in [2.24, 2.45) is 7.05 Å². The third kappa shape index (κ3) is 2.78. The van der Waals surface area contributed by atoms with Gasteiger partial charge in [-0.1, -0.05) is 73.5 Å². The minimum atomic E-state index is 0.694. The van der Waals surface area contributed by atoms with E-state index in [1.807, 2.05) is 11.8 Å². The summed E-state index contributed by atoms with van der Waals surface area (Å²) in [6, 6.07) is 20.8. The van der Waals surface area contributed by atoms with Crippen LogP contribution in [0.1, 0.15) is 54.7 Å². The first-order valence-corrected chi connectivity index (χ1v) is 13.5. The van der Waals surface area contributed by atoms with Gasteiger partial charge in [-0.3, -0.25) is 0 Å². The van der Waals surface area contributed by atoms with E-state index in [0.717, 1.165) is 0 Å². The molecule has 1 aromatic heterocycles. The topological polar surface area (TPSA) is 3.88 Å². The molecule has 168 valence electrons. The molecule has 7 rings (SSSR count). The van der Waals surface area contributed by atoms with Crippen LogP contribution in [0.5, 0.6) is 0 Å². The summed E-state index contributed by atoms with van der Waals surface area (Å²) in [6.07, 6.45) is 9.09. The lowest BCUT2D eigenvalue weighted by molar-refractivity contribution is -0.659. The summed E-state index contributed by atoms with van der Waals surface area (Å²) < 4.78 is 2.36. The zero-order valence-corrected chi connectivity index (χ0v) is 21.1. The molecule has 0 spiro atoms. The maximum Gasteiger partial charge on any atom is 0.222 e. The fourth-order valence-electron chi connectivity index (χ4n) is 6.75. The molecule has 2 aliphatic rings. The molecular weight excluding hydrogens is 430 g/mol. The van der Waals surface area contributed by atoms with Gasteiger partial charge in [-0.25, -0.2) is 4.57 Å². The number of hydrogen-bond acceptors (Lipinski definition) is 1. The van der Waals surface area contributed by atoms with Gasteiger partial charge in [0.1, 0.15) is 7.05 Å². The number of benzene rings is 4. The molecule has 4 aromatic carbocycles. The van der Waals surface area contributed by atoms with Crippen LogP contribution in [-0.2, 0) is 7.05 Å². The molecule has 1 aliphatic heterocycles. The zero-order chi connectivity index (χ0) is 23.0. The molecule has 5 aromatic rings. The molecule has 0 atom stereocenters. The number of pyridine rings is 1. The van der Waals surface area contributed by atoms with Gasteiger partial charge in [-0.15, -0.1) is 0 Å². The zero-order valence-electron chi connectivity index (χ0n) is 20.2. The molecule has 1 saturated carbocycles. The highest BCUT2D eigenvalue weighted by molar-refractivity contribution is 8.00. The summed E-state index contributed by atoms with van der Waals surface area (Å²) in [4.78, 5) is 2.83. The number of hydrogen-bond donors (Lipinski definition) is 0. The maximum atomic E-state index is 2.48. The molecule has 0 N–H and O–H groups in total. The van der Waals surface area contributed by atoms with Gasteiger partial charge in [-0.2, -0.15) is 0 Å². The molecule has 0 radical (unpaired) electrons. The van der Waals surface area contributed by atoms with Crippen molar-refractivity contribution in [1.29, 1.82) is 0 Å². The van der Waals surface area contributed by atoms with Crippen LogP contribution in [0.3, 0.4) is 0 Å². The van der Waals surface area contributed by atoms with E-state index < -0.39 is 0 Å². The molecule has 1 aliphatic carbocycles. The largest absolute Gasteiger partial charge is 0.222 e. The second-order valence-corrected chi connectivity index (χ2v) is 11.4. The highest BCUT2D eigenvalue weighted by atomic mass is 32.2. The van der Waals surface area contributed by atoms with Gasteiger partial charge in [0.05, 0.1) is 10.9 Å². The highest BCUT2D eigenvalue weighted by Gasteiger charge is 2.32. The summed E-state index contributed by atoms with van der Waals surface area (Å²) in [6.45, 7) is 4.63. The summed E-state index contributed by atoms with van der Waals surface area (Å²) >= 11 is 1.98. The quantitative estimate of drug-likeness (QED) is 0.175. The first-order chi connectivity index (χ1) is 16.6. The number of rotatable bonds is 1. The Hall–Kier alpha value is -2.84. The van der Waals surface area contributed by atoms with Crippen molar-refractivity contribution in [2.75, 3.05) is 0 Å². The molecule has 1 fully saturated rings. The van der Waals surface area contributed by atoms with E-state index in [1.54, 1.807) is 5.56 Å². The molecule has 2 heteroatoms. The normalized spacial score (nSPS) is 15.9. The predicted octanol–water partition coefficient (Wildman–Crippen LogP) is 8.77. The monoisotopic (exact) mass is 460 g/mol. The Labute approximate surface area is 205 Å². The Morgan fingerprint density at radius 3 is 2.35 bits per heavy atom. The summed E-state index contributed by atoms with van der Waals surface area (Å²) in [7, 11) is 2.22. The van der Waals surface area contributed by atoms with Crippen LogP contribution in [-0.4, -0.2) is 0 Å². The van der Waals surface area contributed by atoms with Gasteiger partial charge in [-0.05, 0) is 76.9 Å². The Morgan fingerprint density at radius 1 is 0.794 bits per heavy atom. The van der Waals surface area contributed by atoms with E-state index in [1.165, 1.54) is 96.6 Å². The first kappa shape index (κ1) is 20.5. The number of nitrogens with zero attached hydrogens (tertiary/aromatic N) is 1. The van der Waals surface area contributed by atoms with E-state index in [-0.39, 0.29) is 0 Å². The van der Waals surface area contributed by atoms with Crippen LogP contribution in [0, 0.1) is 13.8 Å². The number of fused-ring (bicyclic) bond motifs is 5. The highest BCUT2D eigenvalue weighted by Crippen LogP contribution is 2.53. The van der Waals surface area contributed by atoms with Crippen LogP contribution < -0.4 is 4.57 Å². The van der Waals surface area contributed by atoms with Crippen molar-refractivity contribution in [3.05, 3.63) is 77.5 Å². The fraction of sp³-hybridized carbons (Fsp3) is 0.281. The van der Waals surface area contributed by atoms with Crippen molar-refractivity contribution in [3.8, 4) is 11.3 Å². The van der Waals surface area contributed by atoms with Crippen LogP contribution in [0.4, 0.5) is 0 Å². The molecular formula is C32H30NS+. The van der Waals surface area contributed by atoms with Crippen LogP contribution >= 0.6 is 11.8 Å². The predicted molar refractivity (Wildman–Crippen MR) is 145 cm³/mol. The SMILES string of the molecule is Cc1c2c(c(C)c3ccccc13)-c1c3c(cc4cccc(C5CCCCC5)c4c3cc[n+]1C)S2. The van der Waals surface area contributed by atoms with E-state index in [0.29, 0.717) is 5.92 Å².